The fourth-order valence-corrected chi connectivity index (χ4v) is 3.98. The molecule has 0 saturated carbocycles. The van der Waals surface area contributed by atoms with Gasteiger partial charge < -0.3 is 9.64 Å². The first-order valence-electron chi connectivity index (χ1n) is 10.6. The van der Waals surface area contributed by atoms with Crippen LogP contribution in [0, 0.1) is 0 Å². The number of hydrogen-bond acceptors (Lipinski definition) is 3. The highest BCUT2D eigenvalue weighted by atomic mass is 16.5. The van der Waals surface area contributed by atoms with Crippen molar-refractivity contribution in [2.45, 2.75) is 44.6 Å². The number of rotatable bonds is 7. The smallest absolute Gasteiger partial charge is 0.222 e. The minimum absolute atomic E-state index is 0.143. The fraction of sp³-hybridized carbons (Fsp3) is 0.360. The summed E-state index contributed by atoms with van der Waals surface area (Å²) in [5.41, 5.74) is 2.26. The molecule has 0 unspecified atom stereocenters. The molecule has 0 aliphatic carbocycles. The molecule has 1 saturated heterocycles. The van der Waals surface area contributed by atoms with Gasteiger partial charge in [0.25, 0.3) is 0 Å². The first kappa shape index (κ1) is 19.4. The fourth-order valence-electron chi connectivity index (χ4n) is 3.98. The standard InChI is InChI=1S/C25H28N2O2/c28-24(14-5-4-10-20-8-2-1-3-9-20)27-18-15-22(16-19-27)29-23-13-6-11-21-12-7-17-26-25(21)23/h1-3,6-9,11-13,17,22H,4-5,10,14-16,18-19H2. The van der Waals surface area contributed by atoms with E-state index >= 15 is 0 Å². The van der Waals surface area contributed by atoms with Gasteiger partial charge in [0.2, 0.25) is 5.91 Å². The van der Waals surface area contributed by atoms with E-state index in [4.69, 9.17) is 4.74 Å². The number of fused-ring (bicyclic) bond motifs is 1. The average molecular weight is 389 g/mol. The minimum Gasteiger partial charge on any atom is -0.488 e. The van der Waals surface area contributed by atoms with E-state index in [0.29, 0.717) is 6.42 Å². The number of aryl methyl sites for hydroxylation is 1. The van der Waals surface area contributed by atoms with Crippen LogP contribution in [-0.2, 0) is 11.2 Å². The molecule has 0 N–H and O–H groups in total. The average Bonchev–Trinajstić information content (AvgIpc) is 2.78. The van der Waals surface area contributed by atoms with E-state index in [-0.39, 0.29) is 12.0 Å². The van der Waals surface area contributed by atoms with Crippen LogP contribution in [0.1, 0.15) is 37.7 Å². The predicted molar refractivity (Wildman–Crippen MR) is 116 cm³/mol. The lowest BCUT2D eigenvalue weighted by Crippen LogP contribution is -2.41. The third kappa shape index (κ3) is 5.14. The van der Waals surface area contributed by atoms with E-state index in [2.05, 4.69) is 29.2 Å². The molecule has 4 rings (SSSR count). The molecule has 4 heteroatoms. The Morgan fingerprint density at radius 1 is 0.966 bits per heavy atom. The summed E-state index contributed by atoms with van der Waals surface area (Å²) in [6, 6.07) is 20.5. The van der Waals surface area contributed by atoms with Crippen molar-refractivity contribution >= 4 is 16.8 Å². The summed E-state index contributed by atoms with van der Waals surface area (Å²) in [5.74, 6) is 1.12. The van der Waals surface area contributed by atoms with Crippen LogP contribution in [0.2, 0.25) is 0 Å². The molecule has 0 bridgehead atoms. The highest BCUT2D eigenvalue weighted by Crippen LogP contribution is 2.26. The van der Waals surface area contributed by atoms with Crippen LogP contribution in [0.5, 0.6) is 5.75 Å². The maximum Gasteiger partial charge on any atom is 0.222 e. The van der Waals surface area contributed by atoms with Gasteiger partial charge in [0.15, 0.2) is 0 Å². The van der Waals surface area contributed by atoms with Gasteiger partial charge in [-0.3, -0.25) is 9.78 Å². The van der Waals surface area contributed by atoms with Gasteiger partial charge in [-0.05, 0) is 37.0 Å². The van der Waals surface area contributed by atoms with E-state index in [1.807, 2.05) is 41.3 Å². The van der Waals surface area contributed by atoms with Gasteiger partial charge in [-0.15, -0.1) is 0 Å². The van der Waals surface area contributed by atoms with Gasteiger partial charge in [0, 0.05) is 43.9 Å². The number of carbonyl (C=O) groups excluding carboxylic acids is 1. The van der Waals surface area contributed by atoms with Gasteiger partial charge >= 0.3 is 0 Å². The van der Waals surface area contributed by atoms with E-state index in [1.165, 1.54) is 5.56 Å². The van der Waals surface area contributed by atoms with E-state index in [1.54, 1.807) is 6.20 Å². The number of unbranched alkanes of at least 4 members (excludes halogenated alkanes) is 1. The number of aromatic nitrogens is 1. The first-order chi connectivity index (χ1) is 14.3. The lowest BCUT2D eigenvalue weighted by atomic mass is 10.0. The molecule has 3 aromatic rings. The molecule has 1 aliphatic rings. The number of pyridine rings is 1. The van der Waals surface area contributed by atoms with Crippen LogP contribution in [0.15, 0.2) is 66.9 Å². The van der Waals surface area contributed by atoms with E-state index < -0.39 is 0 Å². The van der Waals surface area contributed by atoms with Crippen LogP contribution in [0.4, 0.5) is 0 Å². The van der Waals surface area contributed by atoms with Crippen LogP contribution in [-0.4, -0.2) is 35.0 Å². The van der Waals surface area contributed by atoms with Crippen molar-refractivity contribution in [3.63, 3.8) is 0 Å². The van der Waals surface area contributed by atoms with Crippen LogP contribution >= 0.6 is 0 Å². The Labute approximate surface area is 172 Å². The maximum atomic E-state index is 12.5. The monoisotopic (exact) mass is 388 g/mol. The number of piperidine rings is 1. The zero-order valence-electron chi connectivity index (χ0n) is 16.8. The van der Waals surface area contributed by atoms with Crippen molar-refractivity contribution in [3.8, 4) is 5.75 Å². The Balaban J connectivity index is 1.21. The number of nitrogens with zero attached hydrogens (tertiary/aromatic N) is 2. The summed E-state index contributed by atoms with van der Waals surface area (Å²) < 4.78 is 6.24. The van der Waals surface area contributed by atoms with Gasteiger partial charge in [-0.1, -0.05) is 48.5 Å². The second-order valence-corrected chi connectivity index (χ2v) is 7.72. The molecule has 0 spiro atoms. The van der Waals surface area contributed by atoms with Crippen LogP contribution < -0.4 is 4.74 Å². The molecule has 1 amide bonds. The van der Waals surface area contributed by atoms with Crippen molar-refractivity contribution in [1.82, 2.24) is 9.88 Å². The second-order valence-electron chi connectivity index (χ2n) is 7.72. The summed E-state index contributed by atoms with van der Waals surface area (Å²) in [7, 11) is 0. The van der Waals surface area contributed by atoms with Crippen molar-refractivity contribution in [3.05, 3.63) is 72.4 Å². The molecule has 29 heavy (non-hydrogen) atoms. The van der Waals surface area contributed by atoms with Gasteiger partial charge in [0.05, 0.1) is 0 Å². The number of para-hydroxylation sites is 1. The van der Waals surface area contributed by atoms with E-state index in [0.717, 1.165) is 61.8 Å². The Hall–Kier alpha value is -2.88. The first-order valence-corrected chi connectivity index (χ1v) is 10.6. The molecule has 1 fully saturated rings. The van der Waals surface area contributed by atoms with E-state index in [9.17, 15) is 4.79 Å². The normalized spacial score (nSPS) is 14.8. The largest absolute Gasteiger partial charge is 0.488 e. The lowest BCUT2D eigenvalue weighted by molar-refractivity contribution is -0.133. The second kappa shape index (κ2) is 9.55. The molecule has 2 aromatic carbocycles. The molecule has 4 nitrogen and oxygen atoms in total. The van der Waals surface area contributed by atoms with Gasteiger partial charge in [0.1, 0.15) is 17.4 Å². The minimum atomic E-state index is 0.143. The quantitative estimate of drug-likeness (QED) is 0.534. The zero-order valence-corrected chi connectivity index (χ0v) is 16.8. The highest BCUT2D eigenvalue weighted by molar-refractivity contribution is 5.84. The molecule has 0 radical (unpaired) electrons. The number of amides is 1. The lowest BCUT2D eigenvalue weighted by Gasteiger charge is -2.32. The number of carbonyl (C=O) groups is 1. The number of benzene rings is 2. The maximum absolute atomic E-state index is 12.5. The molecule has 1 aliphatic heterocycles. The van der Waals surface area contributed by atoms with Crippen LogP contribution in [0.3, 0.4) is 0 Å². The van der Waals surface area contributed by atoms with Crippen molar-refractivity contribution < 1.29 is 9.53 Å². The Morgan fingerprint density at radius 3 is 2.59 bits per heavy atom. The number of likely N-dealkylation sites (tertiary alicyclic amines) is 1. The predicted octanol–water partition coefficient (Wildman–Crippen LogP) is 5.02. The third-order valence-electron chi connectivity index (χ3n) is 5.63. The molecule has 0 atom stereocenters. The summed E-state index contributed by atoms with van der Waals surface area (Å²) in [6.45, 7) is 1.56. The van der Waals surface area contributed by atoms with Gasteiger partial charge in [-0.2, -0.15) is 0 Å². The molecule has 150 valence electrons. The Kier molecular flexibility index (Phi) is 6.40. The van der Waals surface area contributed by atoms with Crippen LogP contribution in [0.25, 0.3) is 10.9 Å². The summed E-state index contributed by atoms with van der Waals surface area (Å²) in [6.07, 6.45) is 7.39. The van der Waals surface area contributed by atoms with Gasteiger partial charge in [-0.25, -0.2) is 0 Å². The number of ether oxygens (including phenoxy) is 1. The Morgan fingerprint density at radius 2 is 1.76 bits per heavy atom. The summed E-state index contributed by atoms with van der Waals surface area (Å²) in [4.78, 5) is 19.0. The summed E-state index contributed by atoms with van der Waals surface area (Å²) in [5, 5.41) is 1.09. The number of hydrogen-bond donors (Lipinski definition) is 0. The molecule has 1 aromatic heterocycles. The highest BCUT2D eigenvalue weighted by Gasteiger charge is 2.24. The van der Waals surface area contributed by atoms with Crippen molar-refractivity contribution in [2.75, 3.05) is 13.1 Å². The third-order valence-corrected chi connectivity index (χ3v) is 5.63. The SMILES string of the molecule is O=C(CCCCc1ccccc1)N1CCC(Oc2cccc3cccnc23)CC1. The zero-order chi connectivity index (χ0) is 19.9. The molecule has 2 heterocycles. The summed E-state index contributed by atoms with van der Waals surface area (Å²) >= 11 is 0. The molecular formula is C25H28N2O2. The van der Waals surface area contributed by atoms with Crippen molar-refractivity contribution in [1.29, 1.82) is 0 Å². The molecular weight excluding hydrogens is 360 g/mol. The topological polar surface area (TPSA) is 42.4 Å². The van der Waals surface area contributed by atoms with Crippen molar-refractivity contribution in [2.24, 2.45) is 0 Å². The Bertz CT molecular complexity index is 928.